The van der Waals surface area contributed by atoms with Gasteiger partial charge >= 0.3 is 0 Å². The SMILES string of the molecule is O=C(C=Cc1ccc(F)cc1)c1ccc2c(c1)OCCO2. The Labute approximate surface area is 121 Å². The van der Waals surface area contributed by atoms with E-state index in [4.69, 9.17) is 9.47 Å². The molecule has 0 saturated heterocycles. The number of hydrogen-bond acceptors (Lipinski definition) is 3. The van der Waals surface area contributed by atoms with Gasteiger partial charge in [-0.05, 0) is 42.0 Å². The number of rotatable bonds is 3. The van der Waals surface area contributed by atoms with E-state index in [1.807, 2.05) is 0 Å². The summed E-state index contributed by atoms with van der Waals surface area (Å²) in [7, 11) is 0. The largest absolute Gasteiger partial charge is 0.486 e. The maximum Gasteiger partial charge on any atom is 0.185 e. The number of carbonyl (C=O) groups is 1. The monoisotopic (exact) mass is 284 g/mol. The van der Waals surface area contributed by atoms with Crippen LogP contribution in [0.25, 0.3) is 6.08 Å². The van der Waals surface area contributed by atoms with Gasteiger partial charge in [-0.15, -0.1) is 0 Å². The number of ketones is 1. The number of allylic oxidation sites excluding steroid dienone is 1. The molecule has 3 rings (SSSR count). The number of carbonyl (C=O) groups excluding carboxylic acids is 1. The van der Waals surface area contributed by atoms with Crippen LogP contribution in [0.1, 0.15) is 15.9 Å². The zero-order chi connectivity index (χ0) is 14.7. The van der Waals surface area contributed by atoms with Crippen molar-refractivity contribution in [2.75, 3.05) is 13.2 Å². The highest BCUT2D eigenvalue weighted by Crippen LogP contribution is 2.30. The summed E-state index contributed by atoms with van der Waals surface area (Å²) >= 11 is 0. The van der Waals surface area contributed by atoms with Crippen molar-refractivity contribution in [3.05, 3.63) is 65.5 Å². The quantitative estimate of drug-likeness (QED) is 0.639. The Bertz CT molecular complexity index is 690. The molecule has 4 heteroatoms. The van der Waals surface area contributed by atoms with Gasteiger partial charge in [-0.3, -0.25) is 4.79 Å². The summed E-state index contributed by atoms with van der Waals surface area (Å²) in [4.78, 5) is 12.1. The molecule has 2 aromatic rings. The average molecular weight is 284 g/mol. The smallest absolute Gasteiger partial charge is 0.185 e. The van der Waals surface area contributed by atoms with Gasteiger partial charge in [0.25, 0.3) is 0 Å². The molecule has 3 nitrogen and oxygen atoms in total. The van der Waals surface area contributed by atoms with Crippen LogP contribution in [-0.4, -0.2) is 19.0 Å². The third-order valence-corrected chi connectivity index (χ3v) is 3.12. The lowest BCUT2D eigenvalue weighted by Gasteiger charge is -2.18. The lowest BCUT2D eigenvalue weighted by Crippen LogP contribution is -2.15. The molecule has 106 valence electrons. The molecule has 0 radical (unpaired) electrons. The standard InChI is InChI=1S/C17H13FO3/c18-14-5-1-12(2-6-14)3-7-15(19)13-4-8-16-17(11-13)21-10-9-20-16/h1-8,11H,9-10H2. The van der Waals surface area contributed by atoms with Crippen molar-refractivity contribution in [3.8, 4) is 11.5 Å². The molecule has 0 atom stereocenters. The Morgan fingerprint density at radius 1 is 1.00 bits per heavy atom. The van der Waals surface area contributed by atoms with Crippen LogP contribution < -0.4 is 9.47 Å². The van der Waals surface area contributed by atoms with Gasteiger partial charge in [0.2, 0.25) is 0 Å². The predicted octanol–water partition coefficient (Wildman–Crippen LogP) is 3.49. The first kappa shape index (κ1) is 13.4. The van der Waals surface area contributed by atoms with E-state index in [-0.39, 0.29) is 11.6 Å². The summed E-state index contributed by atoms with van der Waals surface area (Å²) < 4.78 is 23.7. The molecular formula is C17H13FO3. The molecule has 21 heavy (non-hydrogen) atoms. The number of benzene rings is 2. The van der Waals surface area contributed by atoms with Crippen LogP contribution in [0.5, 0.6) is 11.5 Å². The van der Waals surface area contributed by atoms with E-state index in [0.717, 1.165) is 5.56 Å². The molecule has 0 spiro atoms. The van der Waals surface area contributed by atoms with Gasteiger partial charge in [0.1, 0.15) is 19.0 Å². The van der Waals surface area contributed by atoms with Crippen molar-refractivity contribution >= 4 is 11.9 Å². The fourth-order valence-corrected chi connectivity index (χ4v) is 2.04. The molecule has 1 heterocycles. The molecule has 0 amide bonds. The topological polar surface area (TPSA) is 35.5 Å². The Morgan fingerprint density at radius 3 is 2.48 bits per heavy atom. The highest BCUT2D eigenvalue weighted by molar-refractivity contribution is 6.07. The van der Waals surface area contributed by atoms with Gasteiger partial charge in [0.15, 0.2) is 17.3 Å². The first-order valence-corrected chi connectivity index (χ1v) is 6.60. The van der Waals surface area contributed by atoms with Crippen LogP contribution in [-0.2, 0) is 0 Å². The van der Waals surface area contributed by atoms with Crippen molar-refractivity contribution in [2.45, 2.75) is 0 Å². The van der Waals surface area contributed by atoms with Gasteiger partial charge < -0.3 is 9.47 Å². The fourth-order valence-electron chi connectivity index (χ4n) is 2.04. The number of fused-ring (bicyclic) bond motifs is 1. The molecule has 0 N–H and O–H groups in total. The van der Waals surface area contributed by atoms with Crippen molar-refractivity contribution in [1.82, 2.24) is 0 Å². The zero-order valence-corrected chi connectivity index (χ0v) is 11.2. The van der Waals surface area contributed by atoms with Gasteiger partial charge in [0.05, 0.1) is 0 Å². The maximum absolute atomic E-state index is 12.8. The molecular weight excluding hydrogens is 271 g/mol. The molecule has 0 aliphatic carbocycles. The van der Waals surface area contributed by atoms with Crippen molar-refractivity contribution < 1.29 is 18.7 Å². The molecule has 0 aromatic heterocycles. The molecule has 0 fully saturated rings. The molecule has 0 unspecified atom stereocenters. The van der Waals surface area contributed by atoms with Crippen LogP contribution in [0, 0.1) is 5.82 Å². The normalized spacial score (nSPS) is 13.4. The third kappa shape index (κ3) is 3.11. The molecule has 1 aliphatic heterocycles. The molecule has 2 aromatic carbocycles. The van der Waals surface area contributed by atoms with Crippen LogP contribution in [0.15, 0.2) is 48.5 Å². The summed E-state index contributed by atoms with van der Waals surface area (Å²) in [6, 6.07) is 11.0. The Kier molecular flexibility index (Phi) is 3.69. The first-order valence-electron chi connectivity index (χ1n) is 6.60. The van der Waals surface area contributed by atoms with E-state index in [0.29, 0.717) is 30.3 Å². The van der Waals surface area contributed by atoms with E-state index in [1.165, 1.54) is 18.2 Å². The number of halogens is 1. The number of ether oxygens (including phenoxy) is 2. The summed E-state index contributed by atoms with van der Waals surface area (Å²) in [6.45, 7) is 1.00. The van der Waals surface area contributed by atoms with Crippen molar-refractivity contribution in [2.24, 2.45) is 0 Å². The van der Waals surface area contributed by atoms with Crippen molar-refractivity contribution in [1.29, 1.82) is 0 Å². The molecule has 0 saturated carbocycles. The lowest BCUT2D eigenvalue weighted by molar-refractivity contribution is 0.104. The minimum absolute atomic E-state index is 0.142. The van der Waals surface area contributed by atoms with Crippen molar-refractivity contribution in [3.63, 3.8) is 0 Å². The van der Waals surface area contributed by atoms with Gasteiger partial charge in [-0.1, -0.05) is 18.2 Å². The maximum atomic E-state index is 12.8. The third-order valence-electron chi connectivity index (χ3n) is 3.12. The minimum atomic E-state index is -0.301. The lowest BCUT2D eigenvalue weighted by atomic mass is 10.1. The number of hydrogen-bond donors (Lipinski definition) is 0. The van der Waals surface area contributed by atoms with Gasteiger partial charge in [-0.25, -0.2) is 4.39 Å². The Morgan fingerprint density at radius 2 is 1.71 bits per heavy atom. The summed E-state index contributed by atoms with van der Waals surface area (Å²) in [5.74, 6) is 0.796. The zero-order valence-electron chi connectivity index (χ0n) is 11.2. The van der Waals surface area contributed by atoms with E-state index < -0.39 is 0 Å². The highest BCUT2D eigenvalue weighted by Gasteiger charge is 2.13. The van der Waals surface area contributed by atoms with Crippen LogP contribution in [0.3, 0.4) is 0 Å². The van der Waals surface area contributed by atoms with E-state index in [9.17, 15) is 9.18 Å². The second-order valence-corrected chi connectivity index (χ2v) is 4.61. The Balaban J connectivity index is 1.77. The first-order chi connectivity index (χ1) is 10.2. The van der Waals surface area contributed by atoms with E-state index >= 15 is 0 Å². The Hall–Kier alpha value is -2.62. The van der Waals surface area contributed by atoms with Crippen LogP contribution in [0.2, 0.25) is 0 Å². The van der Waals surface area contributed by atoms with Crippen LogP contribution >= 0.6 is 0 Å². The summed E-state index contributed by atoms with van der Waals surface area (Å²) in [5.41, 5.74) is 1.29. The van der Waals surface area contributed by atoms with Gasteiger partial charge in [-0.2, -0.15) is 0 Å². The predicted molar refractivity (Wildman–Crippen MR) is 77.2 cm³/mol. The average Bonchev–Trinajstić information content (AvgIpc) is 2.53. The fraction of sp³-hybridized carbons (Fsp3) is 0.118. The highest BCUT2D eigenvalue weighted by atomic mass is 19.1. The van der Waals surface area contributed by atoms with Crippen LogP contribution in [0.4, 0.5) is 4.39 Å². The van der Waals surface area contributed by atoms with E-state index in [1.54, 1.807) is 36.4 Å². The van der Waals surface area contributed by atoms with E-state index in [2.05, 4.69) is 0 Å². The second kappa shape index (κ2) is 5.79. The minimum Gasteiger partial charge on any atom is -0.486 e. The van der Waals surface area contributed by atoms with Gasteiger partial charge in [0, 0.05) is 5.56 Å². The second-order valence-electron chi connectivity index (χ2n) is 4.61. The molecule has 0 bridgehead atoms. The molecule has 1 aliphatic rings. The summed E-state index contributed by atoms with van der Waals surface area (Å²) in [5, 5.41) is 0. The summed E-state index contributed by atoms with van der Waals surface area (Å²) in [6.07, 6.45) is 3.11.